The Morgan fingerprint density at radius 1 is 1.00 bits per heavy atom. The first kappa shape index (κ1) is 11.8. The number of methoxy groups -OCH3 is 3. The zero-order chi connectivity index (χ0) is 9.56. The summed E-state index contributed by atoms with van der Waals surface area (Å²) in [4.78, 5) is 1.98. The van der Waals surface area contributed by atoms with Crippen LogP contribution in [0.5, 0.6) is 0 Å². The molecular formula is C8H19NO3. The lowest BCUT2D eigenvalue weighted by Crippen LogP contribution is -2.34. The van der Waals surface area contributed by atoms with E-state index in [1.165, 1.54) is 0 Å². The van der Waals surface area contributed by atoms with Gasteiger partial charge in [-0.2, -0.15) is 0 Å². The van der Waals surface area contributed by atoms with E-state index in [-0.39, 0.29) is 12.5 Å². The molecule has 0 rings (SSSR count). The zero-order valence-electron chi connectivity index (χ0n) is 8.53. The summed E-state index contributed by atoms with van der Waals surface area (Å²) in [5.74, 6) is 0. The van der Waals surface area contributed by atoms with Crippen molar-refractivity contribution in [2.75, 3.05) is 35.4 Å². The van der Waals surface area contributed by atoms with Crippen LogP contribution in [0.2, 0.25) is 0 Å². The van der Waals surface area contributed by atoms with Crippen molar-refractivity contribution < 1.29 is 14.2 Å². The highest BCUT2D eigenvalue weighted by molar-refractivity contribution is 4.56. The Hall–Kier alpha value is -0.160. The molecule has 0 heterocycles. The molecule has 0 saturated heterocycles. The van der Waals surface area contributed by atoms with Crippen LogP contribution in [0.1, 0.15) is 6.42 Å². The average Bonchev–Trinajstić information content (AvgIpc) is 2.06. The molecule has 74 valence electrons. The Morgan fingerprint density at radius 2 is 1.50 bits per heavy atom. The first-order chi connectivity index (χ1) is 5.65. The van der Waals surface area contributed by atoms with Gasteiger partial charge in [0.05, 0.1) is 0 Å². The molecule has 4 nitrogen and oxygen atoms in total. The molecule has 0 aromatic carbocycles. The molecule has 0 saturated carbocycles. The predicted octanol–water partition coefficient (Wildman–Crippen LogP) is 0.529. The summed E-state index contributed by atoms with van der Waals surface area (Å²) in [7, 11) is 8.83. The summed E-state index contributed by atoms with van der Waals surface area (Å²) in [5, 5.41) is 0. The van der Waals surface area contributed by atoms with Gasteiger partial charge in [-0.05, 0) is 14.1 Å². The summed E-state index contributed by atoms with van der Waals surface area (Å²) in [6.45, 7) is 0. The lowest BCUT2D eigenvalue weighted by Gasteiger charge is -2.25. The maximum atomic E-state index is 5.21. The van der Waals surface area contributed by atoms with Gasteiger partial charge in [0.1, 0.15) is 6.23 Å². The van der Waals surface area contributed by atoms with Crippen molar-refractivity contribution in [2.45, 2.75) is 18.9 Å². The second-order valence-corrected chi connectivity index (χ2v) is 2.79. The predicted molar refractivity (Wildman–Crippen MR) is 46.9 cm³/mol. The molecule has 0 bridgehead atoms. The minimum Gasteiger partial charge on any atom is -0.366 e. The highest BCUT2D eigenvalue weighted by Crippen LogP contribution is 2.07. The molecule has 0 aliphatic rings. The van der Waals surface area contributed by atoms with Gasteiger partial charge in [0.25, 0.3) is 0 Å². The average molecular weight is 177 g/mol. The van der Waals surface area contributed by atoms with Crippen LogP contribution >= 0.6 is 0 Å². The third kappa shape index (κ3) is 4.01. The van der Waals surface area contributed by atoms with E-state index in [9.17, 15) is 0 Å². The Labute approximate surface area is 74.4 Å². The normalized spacial score (nSPS) is 14.2. The van der Waals surface area contributed by atoms with Crippen LogP contribution in [0.4, 0.5) is 0 Å². The largest absolute Gasteiger partial charge is 0.366 e. The smallest absolute Gasteiger partial charge is 0.160 e. The third-order valence-corrected chi connectivity index (χ3v) is 1.77. The summed E-state index contributed by atoms with van der Waals surface area (Å²) in [6, 6.07) is 0. The van der Waals surface area contributed by atoms with Gasteiger partial charge in [0.2, 0.25) is 0 Å². The molecule has 0 aliphatic heterocycles. The van der Waals surface area contributed by atoms with Crippen molar-refractivity contribution in [1.82, 2.24) is 4.90 Å². The van der Waals surface area contributed by atoms with Crippen LogP contribution in [0.3, 0.4) is 0 Å². The first-order valence-corrected chi connectivity index (χ1v) is 3.90. The second kappa shape index (κ2) is 6.37. The quantitative estimate of drug-likeness (QED) is 0.554. The van der Waals surface area contributed by atoms with E-state index >= 15 is 0 Å². The number of hydrogen-bond acceptors (Lipinski definition) is 4. The molecule has 4 heteroatoms. The molecule has 1 atom stereocenters. The van der Waals surface area contributed by atoms with Crippen molar-refractivity contribution >= 4 is 0 Å². The van der Waals surface area contributed by atoms with Gasteiger partial charge >= 0.3 is 0 Å². The molecular weight excluding hydrogens is 158 g/mol. The highest BCUT2D eigenvalue weighted by Gasteiger charge is 2.16. The molecule has 1 unspecified atom stereocenters. The fraction of sp³-hybridized carbons (Fsp3) is 1.00. The van der Waals surface area contributed by atoms with Gasteiger partial charge in [0, 0.05) is 27.8 Å². The van der Waals surface area contributed by atoms with Gasteiger partial charge in [-0.3, -0.25) is 4.90 Å². The van der Waals surface area contributed by atoms with Crippen molar-refractivity contribution in [3.05, 3.63) is 0 Å². The summed E-state index contributed by atoms with van der Waals surface area (Å²) in [6.07, 6.45) is 0.545. The summed E-state index contributed by atoms with van der Waals surface area (Å²) in [5.41, 5.74) is 0. The zero-order valence-corrected chi connectivity index (χ0v) is 8.53. The minimum absolute atomic E-state index is 0.0369. The molecule has 0 radical (unpaired) electrons. The van der Waals surface area contributed by atoms with Crippen LogP contribution in [-0.4, -0.2) is 52.8 Å². The molecule has 0 amide bonds. The Kier molecular flexibility index (Phi) is 6.28. The fourth-order valence-electron chi connectivity index (χ4n) is 0.971. The van der Waals surface area contributed by atoms with Gasteiger partial charge in [0.15, 0.2) is 6.29 Å². The standard InChI is InChI=1S/C8H19NO3/c1-9(2)7(10-3)6-8(11-4)12-5/h7-8H,6H2,1-5H3. The molecule has 0 aromatic rings. The number of hydrogen-bond donors (Lipinski definition) is 0. The van der Waals surface area contributed by atoms with E-state index in [0.717, 1.165) is 0 Å². The van der Waals surface area contributed by atoms with E-state index < -0.39 is 0 Å². The molecule has 0 aromatic heterocycles. The Bertz CT molecular complexity index is 104. The van der Waals surface area contributed by atoms with Gasteiger partial charge in [-0.1, -0.05) is 0 Å². The van der Waals surface area contributed by atoms with Crippen LogP contribution in [0.25, 0.3) is 0 Å². The number of rotatable bonds is 6. The van der Waals surface area contributed by atoms with Crippen molar-refractivity contribution in [1.29, 1.82) is 0 Å². The van der Waals surface area contributed by atoms with Crippen molar-refractivity contribution in [3.63, 3.8) is 0 Å². The Balaban J connectivity index is 3.82. The minimum atomic E-state index is -0.197. The molecule has 12 heavy (non-hydrogen) atoms. The first-order valence-electron chi connectivity index (χ1n) is 3.90. The van der Waals surface area contributed by atoms with Crippen LogP contribution in [0.15, 0.2) is 0 Å². The van der Waals surface area contributed by atoms with E-state index in [2.05, 4.69) is 0 Å². The molecule has 0 N–H and O–H groups in total. The Morgan fingerprint density at radius 3 is 1.75 bits per heavy atom. The lowest BCUT2D eigenvalue weighted by atomic mass is 10.3. The molecule has 0 aliphatic carbocycles. The second-order valence-electron chi connectivity index (χ2n) is 2.79. The van der Waals surface area contributed by atoms with E-state index in [1.807, 2.05) is 19.0 Å². The lowest BCUT2D eigenvalue weighted by molar-refractivity contribution is -0.144. The molecule has 0 fully saturated rings. The maximum Gasteiger partial charge on any atom is 0.160 e. The highest BCUT2D eigenvalue weighted by atomic mass is 16.7. The number of ether oxygens (including phenoxy) is 3. The topological polar surface area (TPSA) is 30.9 Å². The van der Waals surface area contributed by atoms with Crippen molar-refractivity contribution in [2.24, 2.45) is 0 Å². The SMILES string of the molecule is COC(CC(OC)N(C)C)OC. The van der Waals surface area contributed by atoms with Gasteiger partial charge in [-0.15, -0.1) is 0 Å². The van der Waals surface area contributed by atoms with E-state index in [0.29, 0.717) is 6.42 Å². The van der Waals surface area contributed by atoms with Gasteiger partial charge < -0.3 is 14.2 Å². The summed E-state index contributed by atoms with van der Waals surface area (Å²) < 4.78 is 15.3. The van der Waals surface area contributed by atoms with Crippen molar-refractivity contribution in [3.8, 4) is 0 Å². The van der Waals surface area contributed by atoms with E-state index in [1.54, 1.807) is 21.3 Å². The van der Waals surface area contributed by atoms with Gasteiger partial charge in [-0.25, -0.2) is 0 Å². The molecule has 0 spiro atoms. The summed E-state index contributed by atoms with van der Waals surface area (Å²) >= 11 is 0. The third-order valence-electron chi connectivity index (χ3n) is 1.77. The van der Waals surface area contributed by atoms with Crippen LogP contribution in [0, 0.1) is 0 Å². The van der Waals surface area contributed by atoms with Crippen LogP contribution < -0.4 is 0 Å². The monoisotopic (exact) mass is 177 g/mol. The fourth-order valence-corrected chi connectivity index (χ4v) is 0.971. The maximum absolute atomic E-state index is 5.21. The van der Waals surface area contributed by atoms with E-state index in [4.69, 9.17) is 14.2 Å². The number of nitrogens with zero attached hydrogens (tertiary/aromatic N) is 1. The van der Waals surface area contributed by atoms with Crippen LogP contribution in [-0.2, 0) is 14.2 Å².